The Morgan fingerprint density at radius 2 is 1.71 bits per heavy atom. The van der Waals surface area contributed by atoms with Gasteiger partial charge >= 0.3 is 24.0 Å². The van der Waals surface area contributed by atoms with Gasteiger partial charge in [0.2, 0.25) is 0 Å². The minimum Gasteiger partial charge on any atom is -0.481 e. The number of aliphatic carboxylic acids is 2. The Bertz CT molecular complexity index is 332. The Kier molecular flexibility index (Phi) is 5.20. The number of alkyl halides is 3. The molecule has 0 aromatic rings. The van der Waals surface area contributed by atoms with E-state index in [4.69, 9.17) is 22.0 Å². The molecule has 2 N–H and O–H groups in total. The average molecular weight is 278 g/mol. The number of hydrogen-bond acceptors (Lipinski definition) is 3. The van der Waals surface area contributed by atoms with Crippen molar-refractivity contribution in [3.63, 3.8) is 0 Å². The van der Waals surface area contributed by atoms with Crippen molar-refractivity contribution < 1.29 is 37.8 Å². The molecule has 98 valence electrons. The molecule has 10 heteroatoms. The first-order chi connectivity index (χ1) is 7.57. The van der Waals surface area contributed by atoms with E-state index in [1.165, 1.54) is 0 Å². The summed E-state index contributed by atoms with van der Waals surface area (Å²) in [7, 11) is 0. The molecule has 0 aliphatic carbocycles. The van der Waals surface area contributed by atoms with Gasteiger partial charge in [-0.3, -0.25) is 9.59 Å². The number of amides is 1. The number of hydrogen-bond donors (Lipinski definition) is 2. The average Bonchev–Trinajstić information content (AvgIpc) is 2.13. The van der Waals surface area contributed by atoms with Crippen molar-refractivity contribution in [2.24, 2.45) is 0 Å². The number of nitrogens with zero attached hydrogens (tertiary/aromatic N) is 1. The molecule has 0 rings (SSSR count). The van der Waals surface area contributed by atoms with E-state index in [1.807, 2.05) is 0 Å². The third-order valence-electron chi connectivity index (χ3n) is 1.63. The zero-order chi connectivity index (χ0) is 13.8. The summed E-state index contributed by atoms with van der Waals surface area (Å²) in [5.74, 6) is -5.79. The third kappa shape index (κ3) is 4.89. The van der Waals surface area contributed by atoms with Gasteiger partial charge in [-0.05, 0) is 6.42 Å². The van der Waals surface area contributed by atoms with Gasteiger partial charge in [0.05, 0.1) is 0 Å². The van der Waals surface area contributed by atoms with Gasteiger partial charge in [0, 0.05) is 18.2 Å². The first-order valence-corrected chi connectivity index (χ1v) is 4.42. The van der Waals surface area contributed by atoms with Crippen molar-refractivity contribution in [3.8, 4) is 0 Å². The second-order valence-electron chi connectivity index (χ2n) is 2.90. The predicted octanol–water partition coefficient (Wildman–Crippen LogP) is 0.849. The molecule has 0 aliphatic rings. The van der Waals surface area contributed by atoms with Crippen molar-refractivity contribution in [2.75, 3.05) is 0 Å². The van der Waals surface area contributed by atoms with Gasteiger partial charge < -0.3 is 10.2 Å². The van der Waals surface area contributed by atoms with Crippen molar-refractivity contribution in [2.45, 2.75) is 25.1 Å². The molecular formula is C7H7ClF3NO5. The molecule has 0 saturated carbocycles. The summed E-state index contributed by atoms with van der Waals surface area (Å²) in [6.07, 6.45) is -6.78. The van der Waals surface area contributed by atoms with Crippen LogP contribution in [-0.2, 0) is 14.4 Å². The van der Waals surface area contributed by atoms with Crippen molar-refractivity contribution in [1.29, 1.82) is 0 Å². The summed E-state index contributed by atoms with van der Waals surface area (Å²) in [5.41, 5.74) is 0. The molecule has 1 atom stereocenters. The monoisotopic (exact) mass is 277 g/mol. The lowest BCUT2D eigenvalue weighted by molar-refractivity contribution is -0.183. The highest BCUT2D eigenvalue weighted by atomic mass is 35.5. The summed E-state index contributed by atoms with van der Waals surface area (Å²) < 4.78 is 35.3. The van der Waals surface area contributed by atoms with Gasteiger partial charge in [0.15, 0.2) is 0 Å². The molecule has 0 saturated heterocycles. The van der Waals surface area contributed by atoms with Crippen LogP contribution >= 0.6 is 11.8 Å². The van der Waals surface area contributed by atoms with Crippen LogP contribution in [0.4, 0.5) is 13.2 Å². The molecule has 0 heterocycles. The summed E-state index contributed by atoms with van der Waals surface area (Å²) in [5, 5.41) is 16.8. The van der Waals surface area contributed by atoms with Crippen LogP contribution < -0.4 is 0 Å². The van der Waals surface area contributed by atoms with Gasteiger partial charge in [-0.15, -0.1) is 0 Å². The highest BCUT2D eigenvalue weighted by Crippen LogP contribution is 2.23. The summed E-state index contributed by atoms with van der Waals surface area (Å²) in [6.45, 7) is 0. The lowest BCUT2D eigenvalue weighted by atomic mass is 10.1. The summed E-state index contributed by atoms with van der Waals surface area (Å²) in [6, 6.07) is -2.05. The molecule has 0 aromatic carbocycles. The van der Waals surface area contributed by atoms with Crippen LogP contribution in [0.2, 0.25) is 0 Å². The van der Waals surface area contributed by atoms with Crippen LogP contribution in [0.15, 0.2) is 0 Å². The Morgan fingerprint density at radius 1 is 1.24 bits per heavy atom. The molecule has 0 bridgehead atoms. The Labute approximate surface area is 97.7 Å². The maximum Gasteiger partial charge on any atom is 0.472 e. The maximum absolute atomic E-state index is 11.9. The third-order valence-corrected chi connectivity index (χ3v) is 2.02. The normalized spacial score (nSPS) is 12.9. The second kappa shape index (κ2) is 5.71. The quantitative estimate of drug-likeness (QED) is 0.726. The van der Waals surface area contributed by atoms with Gasteiger partial charge in [0.25, 0.3) is 0 Å². The zero-order valence-corrected chi connectivity index (χ0v) is 8.83. The maximum atomic E-state index is 11.9. The standard InChI is InChI=1S/C7H7ClF3NO5/c8-12(6(17)7(9,10)11)3(5(15)16)1-2-4(13)14/h3H,1-2H2,(H,13,14)(H,15,16)/t3-/m0/s1. The fraction of sp³-hybridized carbons (Fsp3) is 0.571. The molecule has 17 heavy (non-hydrogen) atoms. The van der Waals surface area contributed by atoms with Gasteiger partial charge in [-0.25, -0.2) is 9.21 Å². The largest absolute Gasteiger partial charge is 0.481 e. The molecule has 6 nitrogen and oxygen atoms in total. The highest BCUT2D eigenvalue weighted by Gasteiger charge is 2.46. The van der Waals surface area contributed by atoms with E-state index in [1.54, 1.807) is 0 Å². The molecular weight excluding hydrogens is 271 g/mol. The van der Waals surface area contributed by atoms with Crippen LogP contribution in [0.1, 0.15) is 12.8 Å². The van der Waals surface area contributed by atoms with E-state index in [0.29, 0.717) is 0 Å². The first-order valence-electron chi connectivity index (χ1n) is 4.08. The smallest absolute Gasteiger partial charge is 0.472 e. The highest BCUT2D eigenvalue weighted by molar-refractivity contribution is 6.23. The number of halogens is 4. The van der Waals surface area contributed by atoms with Crippen LogP contribution in [0, 0.1) is 0 Å². The SMILES string of the molecule is O=C(O)CC[C@@H](C(=O)O)N(Cl)C(=O)C(F)(F)F. The molecule has 0 radical (unpaired) electrons. The van der Waals surface area contributed by atoms with Crippen LogP contribution in [0.5, 0.6) is 0 Å². The van der Waals surface area contributed by atoms with E-state index in [9.17, 15) is 27.6 Å². The van der Waals surface area contributed by atoms with Gasteiger partial charge in [0.1, 0.15) is 6.04 Å². The fourth-order valence-electron chi connectivity index (χ4n) is 0.857. The zero-order valence-electron chi connectivity index (χ0n) is 8.07. The van der Waals surface area contributed by atoms with E-state index >= 15 is 0 Å². The molecule has 0 spiro atoms. The molecule has 0 fully saturated rings. The Hall–Kier alpha value is -1.51. The number of carboxylic acids is 2. The molecule has 0 aliphatic heterocycles. The second-order valence-corrected chi connectivity index (χ2v) is 3.26. The van der Waals surface area contributed by atoms with Crippen molar-refractivity contribution in [3.05, 3.63) is 0 Å². The number of rotatable bonds is 5. The summed E-state index contributed by atoms with van der Waals surface area (Å²) in [4.78, 5) is 31.3. The van der Waals surface area contributed by atoms with Crippen molar-refractivity contribution >= 4 is 29.6 Å². The van der Waals surface area contributed by atoms with Crippen molar-refractivity contribution in [1.82, 2.24) is 4.42 Å². The van der Waals surface area contributed by atoms with Crippen LogP contribution in [0.3, 0.4) is 0 Å². The van der Waals surface area contributed by atoms with Crippen LogP contribution in [0.25, 0.3) is 0 Å². The minimum absolute atomic E-state index is 0.550. The van der Waals surface area contributed by atoms with E-state index in [2.05, 4.69) is 0 Å². The molecule has 0 aromatic heterocycles. The predicted molar refractivity (Wildman–Crippen MR) is 47.0 cm³/mol. The summed E-state index contributed by atoms with van der Waals surface area (Å²) >= 11 is 4.95. The van der Waals surface area contributed by atoms with Gasteiger partial charge in [-0.2, -0.15) is 13.2 Å². The van der Waals surface area contributed by atoms with E-state index < -0.39 is 47.3 Å². The molecule has 1 amide bonds. The van der Waals surface area contributed by atoms with E-state index in [0.717, 1.165) is 0 Å². The molecule has 0 unspecified atom stereocenters. The van der Waals surface area contributed by atoms with Crippen LogP contribution in [-0.4, -0.2) is 44.7 Å². The number of carboxylic acid groups (broad SMARTS) is 2. The topological polar surface area (TPSA) is 94.9 Å². The first kappa shape index (κ1) is 15.5. The fourth-order valence-corrected chi connectivity index (χ4v) is 1.13. The number of carbonyl (C=O) groups is 3. The van der Waals surface area contributed by atoms with Gasteiger partial charge in [-0.1, -0.05) is 0 Å². The van der Waals surface area contributed by atoms with E-state index in [-0.39, 0.29) is 0 Å². The lowest BCUT2D eigenvalue weighted by Gasteiger charge is -2.21. The Balaban J connectivity index is 4.77. The minimum atomic E-state index is -5.32. The lowest BCUT2D eigenvalue weighted by Crippen LogP contribution is -2.45. The number of carbonyl (C=O) groups excluding carboxylic acids is 1. The Morgan fingerprint density at radius 3 is 2.00 bits per heavy atom.